The molecular formula is C44H53ClN8O12S2. The maximum Gasteiger partial charge on any atom is 0.285 e. The van der Waals surface area contributed by atoms with Crippen molar-refractivity contribution in [2.24, 2.45) is 19.0 Å². The molecule has 0 amide bonds. The van der Waals surface area contributed by atoms with Crippen molar-refractivity contribution in [2.45, 2.75) is 9.79 Å². The summed E-state index contributed by atoms with van der Waals surface area (Å²) in [6.07, 6.45) is 3.29. The van der Waals surface area contributed by atoms with Crippen LogP contribution in [0.15, 0.2) is 102 Å². The summed E-state index contributed by atoms with van der Waals surface area (Å²) in [5, 5.41) is 29.6. The molecule has 0 bridgehead atoms. The Bertz CT molecular complexity index is 2690. The largest absolute Gasteiger partial charge is 0.504 e. The van der Waals surface area contributed by atoms with Gasteiger partial charge in [0.15, 0.2) is 34.0 Å². The van der Waals surface area contributed by atoms with Gasteiger partial charge in [-0.15, -0.1) is 8.80 Å². The van der Waals surface area contributed by atoms with Gasteiger partial charge in [-0.3, -0.25) is 9.80 Å². The maximum atomic E-state index is 12.7. The van der Waals surface area contributed by atoms with E-state index in [0.717, 1.165) is 58.0 Å². The summed E-state index contributed by atoms with van der Waals surface area (Å²) in [6.45, 7) is 9.33. The van der Waals surface area contributed by atoms with Crippen LogP contribution < -0.4 is 24.4 Å². The number of morpholine rings is 2. The number of aromatic hydroxyl groups is 2. The first kappa shape index (κ1) is 50.4. The van der Waals surface area contributed by atoms with Crippen molar-refractivity contribution in [3.05, 3.63) is 95.1 Å². The lowest BCUT2D eigenvalue weighted by molar-refractivity contribution is 0.0360. The lowest BCUT2D eigenvalue weighted by atomic mass is 10.2. The van der Waals surface area contributed by atoms with Gasteiger partial charge in [-0.1, -0.05) is 11.6 Å². The Kier molecular flexibility index (Phi) is 17.8. The van der Waals surface area contributed by atoms with E-state index in [1.807, 2.05) is 0 Å². The highest BCUT2D eigenvalue weighted by molar-refractivity contribution is 7.91. The zero-order valence-corrected chi connectivity index (χ0v) is 39.8. The van der Waals surface area contributed by atoms with Crippen molar-refractivity contribution in [2.75, 3.05) is 107 Å². The second kappa shape index (κ2) is 23.6. The van der Waals surface area contributed by atoms with Gasteiger partial charge in [0, 0.05) is 56.9 Å². The van der Waals surface area contributed by atoms with E-state index in [1.54, 1.807) is 72.0 Å². The monoisotopic (exact) mass is 984 g/mol. The lowest BCUT2D eigenvalue weighted by Gasteiger charge is -2.28. The van der Waals surface area contributed by atoms with Gasteiger partial charge in [-0.05, 0) is 83.9 Å². The highest BCUT2D eigenvalue weighted by atomic mass is 35.5. The fraction of sp³-hybridized carbons (Fsp3) is 0.364. The molecule has 4 aromatic rings. The zero-order valence-electron chi connectivity index (χ0n) is 37.4. The van der Waals surface area contributed by atoms with Gasteiger partial charge in [0.25, 0.3) is 20.0 Å². The Morgan fingerprint density at radius 2 is 1.19 bits per heavy atom. The summed E-state index contributed by atoms with van der Waals surface area (Å²) in [5.41, 5.74) is 5.40. The fourth-order valence-corrected chi connectivity index (χ4v) is 9.60. The number of phenolic OH excluding ortho intramolecular Hbond substituents is 2. The number of hydrogen-bond donors (Lipinski definition) is 3. The Labute approximate surface area is 394 Å². The highest BCUT2D eigenvalue weighted by Gasteiger charge is 2.33. The topological polar surface area (TPSA) is 235 Å². The molecule has 360 valence electrons. The summed E-state index contributed by atoms with van der Waals surface area (Å²) in [6, 6.07) is 19.2. The number of amidine groups is 1. The van der Waals surface area contributed by atoms with Gasteiger partial charge in [0.2, 0.25) is 0 Å². The van der Waals surface area contributed by atoms with E-state index in [1.165, 1.54) is 46.6 Å². The third kappa shape index (κ3) is 13.6. The Morgan fingerprint density at radius 1 is 0.687 bits per heavy atom. The lowest BCUT2D eigenvalue weighted by Crippen LogP contribution is -2.41. The number of hydrogen-bond acceptors (Lipinski definition) is 18. The average Bonchev–Trinajstić information content (AvgIpc) is 3.75. The summed E-state index contributed by atoms with van der Waals surface area (Å²) < 4.78 is 86.6. The molecule has 20 nitrogen and oxygen atoms in total. The average molecular weight is 986 g/mol. The number of fused-ring (bicyclic) bond motifs is 2. The van der Waals surface area contributed by atoms with Crippen molar-refractivity contribution in [1.29, 1.82) is 0 Å². The molecule has 0 radical (unpaired) electrons. The molecule has 0 aliphatic carbocycles. The number of rotatable bonds is 14. The molecule has 67 heavy (non-hydrogen) atoms. The molecule has 0 atom stereocenters. The Morgan fingerprint density at radius 3 is 1.75 bits per heavy atom. The van der Waals surface area contributed by atoms with E-state index in [4.69, 9.17) is 40.0 Å². The number of phenols is 2. The first-order valence-electron chi connectivity index (χ1n) is 20.9. The molecule has 23 heteroatoms. The van der Waals surface area contributed by atoms with Gasteiger partial charge < -0.3 is 44.1 Å². The van der Waals surface area contributed by atoms with Crippen molar-refractivity contribution in [1.82, 2.24) is 20.2 Å². The molecule has 2 fully saturated rings. The van der Waals surface area contributed by atoms with Crippen LogP contribution in [0.3, 0.4) is 0 Å². The first-order chi connectivity index (χ1) is 32.2. The molecule has 3 N–H and O–H groups in total. The zero-order chi connectivity index (χ0) is 48.0. The molecule has 4 heterocycles. The number of halogens is 1. The van der Waals surface area contributed by atoms with Crippen LogP contribution in [0, 0.1) is 0 Å². The highest BCUT2D eigenvalue weighted by Crippen LogP contribution is 2.33. The second-order valence-corrected chi connectivity index (χ2v) is 18.3. The first-order valence-corrected chi connectivity index (χ1v) is 24.1. The Hall–Kier alpha value is -6.01. The molecule has 4 aliphatic heterocycles. The fourth-order valence-electron chi connectivity index (χ4n) is 6.84. The van der Waals surface area contributed by atoms with Crippen LogP contribution >= 0.6 is 11.6 Å². The number of nitrogens with zero attached hydrogens (tertiary/aromatic N) is 7. The van der Waals surface area contributed by atoms with Crippen molar-refractivity contribution in [3.63, 3.8) is 0 Å². The van der Waals surface area contributed by atoms with Gasteiger partial charge in [0.05, 0.1) is 78.7 Å². The number of hydrazone groups is 2. The van der Waals surface area contributed by atoms with Gasteiger partial charge in [-0.25, -0.2) is 5.01 Å². The summed E-state index contributed by atoms with van der Waals surface area (Å²) in [5.74, 6) is 2.22. The van der Waals surface area contributed by atoms with E-state index in [0.29, 0.717) is 66.0 Å². The van der Waals surface area contributed by atoms with E-state index in [9.17, 15) is 27.0 Å². The van der Waals surface area contributed by atoms with Crippen LogP contribution in [0.5, 0.6) is 34.5 Å². The minimum Gasteiger partial charge on any atom is -0.504 e. The number of benzene rings is 4. The third-order valence-corrected chi connectivity index (χ3v) is 13.5. The molecule has 2 saturated heterocycles. The van der Waals surface area contributed by atoms with Crippen molar-refractivity contribution >= 4 is 55.1 Å². The van der Waals surface area contributed by atoms with E-state index in [2.05, 4.69) is 34.2 Å². The second-order valence-electron chi connectivity index (χ2n) is 14.8. The number of methoxy groups -OCH3 is 4. The molecule has 0 saturated carbocycles. The van der Waals surface area contributed by atoms with Crippen LogP contribution in [0.25, 0.3) is 0 Å². The summed E-state index contributed by atoms with van der Waals surface area (Å²) in [4.78, 5) is 4.82. The van der Waals surface area contributed by atoms with Crippen LogP contribution in [0.4, 0.5) is 0 Å². The predicted octanol–water partition coefficient (Wildman–Crippen LogP) is 3.57. The molecule has 8 rings (SSSR count). The molecule has 4 aliphatic rings. The minimum absolute atomic E-state index is 0.0149. The number of ether oxygens (including phenoxy) is 6. The normalized spacial score (nSPS) is 17.2. The molecule has 0 aromatic heterocycles. The SMILES string of the molecule is COc1cc(/C=N/NCCN2CCOCC2)ccc1O.COc1ccc2c(c1)C(Cl)=NS2(=O)=O.COc1ccc2c(c1)C(N(CCN1CCOCC1)/N=C/c1ccc(O)c(OC)c1)=NS2(=O)=O. The third-order valence-electron chi connectivity index (χ3n) is 10.5. The van der Waals surface area contributed by atoms with Crippen LogP contribution in [0.2, 0.25) is 0 Å². The van der Waals surface area contributed by atoms with Crippen LogP contribution in [0.1, 0.15) is 22.3 Å². The van der Waals surface area contributed by atoms with E-state index >= 15 is 0 Å². The Balaban J connectivity index is 0.000000184. The van der Waals surface area contributed by atoms with Gasteiger partial charge >= 0.3 is 0 Å². The molecule has 0 unspecified atom stereocenters. The van der Waals surface area contributed by atoms with Crippen molar-refractivity contribution < 1.29 is 55.5 Å². The van der Waals surface area contributed by atoms with Crippen molar-refractivity contribution in [3.8, 4) is 34.5 Å². The number of nitrogens with one attached hydrogen (secondary N) is 1. The maximum absolute atomic E-state index is 12.7. The van der Waals surface area contributed by atoms with Gasteiger partial charge in [-0.2, -0.15) is 27.0 Å². The quantitative estimate of drug-likeness (QED) is 0.0931. The van der Waals surface area contributed by atoms with E-state index < -0.39 is 20.0 Å². The standard InChI is InChI=1S/C22H26N4O6S.C14H21N3O3.C8H6ClNO3S/c1-30-17-4-6-21-18(14-17)22(24-33(21,28)29)26(8-7-25-9-11-32-12-10-25)23-15-16-3-5-19(27)20(13-16)31-2;1-19-14-10-12(2-3-13(14)18)11-16-15-4-5-17-6-8-20-9-7-17;1-13-5-2-3-7-6(4-5)8(9)10-14(7,11)12/h3-6,13-15,27H,7-12H2,1-2H3;2-3,10-11,15,18H,4-9H2,1H3;2-4H,1H3/b23-15+;16-11+;. The smallest absolute Gasteiger partial charge is 0.285 e. The minimum atomic E-state index is -3.84. The van der Waals surface area contributed by atoms with Crippen LogP contribution in [-0.2, 0) is 29.5 Å². The molecule has 4 aromatic carbocycles. The van der Waals surface area contributed by atoms with Gasteiger partial charge in [0.1, 0.15) is 16.4 Å². The summed E-state index contributed by atoms with van der Waals surface area (Å²) in [7, 11) is -1.41. The molecule has 0 spiro atoms. The summed E-state index contributed by atoms with van der Waals surface area (Å²) >= 11 is 5.67. The predicted molar refractivity (Wildman–Crippen MR) is 253 cm³/mol. The molecular weight excluding hydrogens is 932 g/mol. The van der Waals surface area contributed by atoms with E-state index in [-0.39, 0.29) is 32.3 Å². The van der Waals surface area contributed by atoms with Crippen LogP contribution in [-0.4, -0.2) is 173 Å². The number of sulfonamides is 2.